The van der Waals surface area contributed by atoms with Crippen LogP contribution in [0.15, 0.2) is 23.5 Å². The molecule has 1 heterocycles. The summed E-state index contributed by atoms with van der Waals surface area (Å²) in [5.74, 6) is 1.12. The lowest BCUT2D eigenvalue weighted by atomic mass is 10.2. The lowest BCUT2D eigenvalue weighted by molar-refractivity contribution is 0.0812. The van der Waals surface area contributed by atoms with Crippen molar-refractivity contribution in [2.24, 2.45) is 4.99 Å². The molecular weight excluding hydrogens is 266 g/mol. The van der Waals surface area contributed by atoms with Crippen LogP contribution in [-0.4, -0.2) is 62.0 Å². The number of pyridine rings is 1. The van der Waals surface area contributed by atoms with Crippen LogP contribution >= 0.6 is 0 Å². The number of aliphatic imine (C=N–C) groups is 1. The van der Waals surface area contributed by atoms with Gasteiger partial charge in [-0.05, 0) is 6.07 Å². The fourth-order valence-electron chi connectivity index (χ4n) is 1.66. The first kappa shape index (κ1) is 16.1. The molecule has 0 aliphatic rings. The van der Waals surface area contributed by atoms with E-state index in [0.717, 1.165) is 11.5 Å². The quantitative estimate of drug-likeness (QED) is 0.610. The summed E-state index contributed by atoms with van der Waals surface area (Å²) in [6.45, 7) is -0.302. The Balaban J connectivity index is 2.83. The van der Waals surface area contributed by atoms with Crippen LogP contribution in [0.4, 0.5) is 8.78 Å². The molecular formula is C13H20F2N4O. The molecule has 0 unspecified atom stereocenters. The van der Waals surface area contributed by atoms with Crippen LogP contribution in [0.5, 0.6) is 5.75 Å². The molecule has 0 fully saturated rings. The van der Waals surface area contributed by atoms with E-state index in [2.05, 4.69) is 9.98 Å². The number of guanidine groups is 1. The van der Waals surface area contributed by atoms with Crippen LogP contribution in [0.1, 0.15) is 5.56 Å². The zero-order chi connectivity index (χ0) is 15.1. The summed E-state index contributed by atoms with van der Waals surface area (Å²) in [7, 11) is 7.55. The number of aromatic nitrogens is 1. The standard InChI is InChI=1S/C13H20F2N4O/c1-18(2)13(19(3)4)17-7-10-5-6-16-8-11(10)20-9-12(14)15/h5-6,8,12H,7,9H2,1-4H3. The molecule has 0 aliphatic heterocycles. The number of hydrogen-bond acceptors (Lipinski definition) is 3. The number of ether oxygens (including phenoxy) is 1. The molecule has 0 N–H and O–H groups in total. The summed E-state index contributed by atoms with van der Waals surface area (Å²) < 4.78 is 29.4. The first-order chi connectivity index (χ1) is 9.41. The lowest BCUT2D eigenvalue weighted by Gasteiger charge is -2.22. The smallest absolute Gasteiger partial charge is 0.272 e. The van der Waals surface area contributed by atoms with Gasteiger partial charge in [0, 0.05) is 40.0 Å². The Hall–Kier alpha value is -1.92. The van der Waals surface area contributed by atoms with Crippen molar-refractivity contribution in [3.63, 3.8) is 0 Å². The van der Waals surface area contributed by atoms with Gasteiger partial charge in [0.15, 0.2) is 5.96 Å². The van der Waals surface area contributed by atoms with Crippen molar-refractivity contribution in [3.05, 3.63) is 24.0 Å². The van der Waals surface area contributed by atoms with Crippen LogP contribution in [0, 0.1) is 0 Å². The van der Waals surface area contributed by atoms with E-state index in [1.54, 1.807) is 12.3 Å². The Morgan fingerprint density at radius 2 is 1.95 bits per heavy atom. The van der Waals surface area contributed by atoms with Crippen LogP contribution in [0.3, 0.4) is 0 Å². The van der Waals surface area contributed by atoms with E-state index in [1.807, 2.05) is 38.0 Å². The maximum atomic E-state index is 12.2. The molecule has 5 nitrogen and oxygen atoms in total. The average molecular weight is 286 g/mol. The molecule has 0 aliphatic carbocycles. The highest BCUT2D eigenvalue weighted by molar-refractivity contribution is 5.79. The second kappa shape index (κ2) is 7.62. The molecule has 0 aromatic carbocycles. The van der Waals surface area contributed by atoms with Crippen molar-refractivity contribution >= 4 is 5.96 Å². The maximum Gasteiger partial charge on any atom is 0.272 e. The highest BCUT2D eigenvalue weighted by Gasteiger charge is 2.09. The zero-order valence-corrected chi connectivity index (χ0v) is 12.2. The van der Waals surface area contributed by atoms with Crippen LogP contribution in [0.25, 0.3) is 0 Å². The molecule has 1 aromatic heterocycles. The first-order valence-electron chi connectivity index (χ1n) is 6.14. The molecule has 0 saturated carbocycles. The third kappa shape index (κ3) is 4.99. The van der Waals surface area contributed by atoms with E-state index in [0.29, 0.717) is 12.3 Å². The molecule has 7 heteroatoms. The molecule has 0 amide bonds. The van der Waals surface area contributed by atoms with Crippen LogP contribution in [-0.2, 0) is 6.54 Å². The van der Waals surface area contributed by atoms with Gasteiger partial charge in [-0.25, -0.2) is 13.8 Å². The van der Waals surface area contributed by atoms with Gasteiger partial charge >= 0.3 is 0 Å². The number of alkyl halides is 2. The summed E-state index contributed by atoms with van der Waals surface area (Å²) in [5, 5.41) is 0. The van der Waals surface area contributed by atoms with Crippen molar-refractivity contribution in [2.45, 2.75) is 13.0 Å². The van der Waals surface area contributed by atoms with Gasteiger partial charge in [-0.15, -0.1) is 0 Å². The van der Waals surface area contributed by atoms with Gasteiger partial charge in [-0.2, -0.15) is 0 Å². The Kier molecular flexibility index (Phi) is 6.14. The van der Waals surface area contributed by atoms with Gasteiger partial charge in [0.05, 0.1) is 12.7 Å². The average Bonchev–Trinajstić information content (AvgIpc) is 2.36. The van der Waals surface area contributed by atoms with E-state index in [4.69, 9.17) is 4.74 Å². The second-order valence-electron chi connectivity index (χ2n) is 4.59. The van der Waals surface area contributed by atoms with Gasteiger partial charge in [0.25, 0.3) is 6.43 Å². The van der Waals surface area contributed by atoms with Gasteiger partial charge < -0.3 is 14.5 Å². The van der Waals surface area contributed by atoms with E-state index in [9.17, 15) is 8.78 Å². The molecule has 0 radical (unpaired) electrons. The summed E-state index contributed by atoms with van der Waals surface area (Å²) in [6.07, 6.45) is 0.509. The third-order valence-corrected chi connectivity index (χ3v) is 2.43. The Bertz CT molecular complexity index is 440. The number of nitrogens with zero attached hydrogens (tertiary/aromatic N) is 4. The highest BCUT2D eigenvalue weighted by atomic mass is 19.3. The molecule has 0 atom stereocenters. The molecule has 1 aromatic rings. The van der Waals surface area contributed by atoms with Crippen LogP contribution < -0.4 is 4.74 Å². The maximum absolute atomic E-state index is 12.2. The minimum atomic E-state index is -2.51. The van der Waals surface area contributed by atoms with Crippen molar-refractivity contribution in [1.82, 2.24) is 14.8 Å². The normalized spacial score (nSPS) is 10.3. The monoisotopic (exact) mass is 286 g/mol. The largest absolute Gasteiger partial charge is 0.486 e. The van der Waals surface area contributed by atoms with E-state index in [1.165, 1.54) is 6.20 Å². The van der Waals surface area contributed by atoms with Crippen molar-refractivity contribution < 1.29 is 13.5 Å². The zero-order valence-electron chi connectivity index (χ0n) is 12.2. The summed E-state index contributed by atoms with van der Waals surface area (Å²) in [4.78, 5) is 12.1. The van der Waals surface area contributed by atoms with Gasteiger partial charge in [0.1, 0.15) is 12.4 Å². The van der Waals surface area contributed by atoms with E-state index < -0.39 is 13.0 Å². The Morgan fingerprint density at radius 1 is 1.30 bits per heavy atom. The predicted octanol–water partition coefficient (Wildman–Crippen LogP) is 1.70. The number of rotatable bonds is 5. The molecule has 20 heavy (non-hydrogen) atoms. The summed E-state index contributed by atoms with van der Waals surface area (Å²) in [5.41, 5.74) is 0.724. The number of hydrogen-bond donors (Lipinski definition) is 0. The van der Waals surface area contributed by atoms with Gasteiger partial charge in [0.2, 0.25) is 0 Å². The molecule has 0 spiro atoms. The fraction of sp³-hybridized carbons (Fsp3) is 0.538. The topological polar surface area (TPSA) is 41.0 Å². The summed E-state index contributed by atoms with van der Waals surface area (Å²) >= 11 is 0. The molecule has 0 saturated heterocycles. The predicted molar refractivity (Wildman–Crippen MR) is 74.2 cm³/mol. The Labute approximate surface area is 117 Å². The molecule has 1 rings (SSSR count). The lowest BCUT2D eigenvalue weighted by Crippen LogP contribution is -2.35. The third-order valence-electron chi connectivity index (χ3n) is 2.43. The van der Waals surface area contributed by atoms with Gasteiger partial charge in [-0.3, -0.25) is 4.98 Å². The first-order valence-corrected chi connectivity index (χ1v) is 6.14. The van der Waals surface area contributed by atoms with E-state index >= 15 is 0 Å². The number of halogens is 2. The van der Waals surface area contributed by atoms with Gasteiger partial charge in [-0.1, -0.05) is 0 Å². The fourth-order valence-corrected chi connectivity index (χ4v) is 1.66. The molecule has 0 bridgehead atoms. The van der Waals surface area contributed by atoms with Crippen molar-refractivity contribution in [3.8, 4) is 5.75 Å². The second-order valence-corrected chi connectivity index (χ2v) is 4.59. The molecule has 112 valence electrons. The Morgan fingerprint density at radius 3 is 2.50 bits per heavy atom. The minimum absolute atomic E-state index is 0.340. The SMILES string of the molecule is CN(C)C(=NCc1ccncc1OCC(F)F)N(C)C. The highest BCUT2D eigenvalue weighted by Crippen LogP contribution is 2.18. The van der Waals surface area contributed by atoms with Crippen LogP contribution in [0.2, 0.25) is 0 Å². The minimum Gasteiger partial charge on any atom is -0.486 e. The van der Waals surface area contributed by atoms with E-state index in [-0.39, 0.29) is 0 Å². The van der Waals surface area contributed by atoms with Crippen molar-refractivity contribution in [2.75, 3.05) is 34.8 Å². The summed E-state index contributed by atoms with van der Waals surface area (Å²) in [6, 6.07) is 1.72. The van der Waals surface area contributed by atoms with Crippen molar-refractivity contribution in [1.29, 1.82) is 0 Å².